The van der Waals surface area contributed by atoms with Crippen molar-refractivity contribution in [2.24, 2.45) is 11.0 Å². The first kappa shape index (κ1) is 10.3. The van der Waals surface area contributed by atoms with E-state index in [2.05, 4.69) is 31.2 Å². The lowest BCUT2D eigenvalue weighted by molar-refractivity contribution is -0.119. The lowest BCUT2D eigenvalue weighted by Crippen LogP contribution is -2.34. The van der Waals surface area contributed by atoms with E-state index in [4.69, 9.17) is 0 Å². The summed E-state index contributed by atoms with van der Waals surface area (Å²) in [5, 5.41) is 12.0. The molecule has 0 saturated heterocycles. The molecule has 0 fully saturated rings. The second kappa shape index (κ2) is 3.41. The minimum Gasteiger partial charge on any atom is -0.282 e. The summed E-state index contributed by atoms with van der Waals surface area (Å²) in [6, 6.07) is 0. The molecule has 2 rings (SSSR count). The van der Waals surface area contributed by atoms with Crippen molar-refractivity contribution in [2.45, 2.75) is 13.8 Å². The van der Waals surface area contributed by atoms with Crippen molar-refractivity contribution >= 4 is 33.5 Å². The summed E-state index contributed by atoms with van der Waals surface area (Å²) >= 11 is 3.23. The third-order valence-electron chi connectivity index (χ3n) is 2.47. The first-order valence-electron chi connectivity index (χ1n) is 4.46. The van der Waals surface area contributed by atoms with Gasteiger partial charge in [0.25, 0.3) is 5.95 Å². The molecule has 0 saturated carbocycles. The van der Waals surface area contributed by atoms with Crippen LogP contribution < -0.4 is 4.90 Å². The van der Waals surface area contributed by atoms with Gasteiger partial charge in [-0.25, -0.2) is 0 Å². The molecule has 7 heteroatoms. The Labute approximate surface area is 95.1 Å². The maximum Gasteiger partial charge on any atom is 0.255 e. The molecule has 1 atom stereocenters. The van der Waals surface area contributed by atoms with E-state index in [9.17, 15) is 4.79 Å². The van der Waals surface area contributed by atoms with Crippen LogP contribution in [0.25, 0.3) is 0 Å². The number of aromatic nitrogens is 3. The van der Waals surface area contributed by atoms with Gasteiger partial charge in [0.05, 0.1) is 5.92 Å². The fraction of sp³-hybridized carbons (Fsp3) is 0.500. The number of hydrogen-bond donors (Lipinski definition) is 0. The van der Waals surface area contributed by atoms with Crippen LogP contribution in [0.5, 0.6) is 0 Å². The summed E-state index contributed by atoms with van der Waals surface area (Å²) in [4.78, 5) is 13.3. The van der Waals surface area contributed by atoms with Gasteiger partial charge < -0.3 is 0 Å². The number of amides is 1. The van der Waals surface area contributed by atoms with Crippen molar-refractivity contribution in [3.05, 3.63) is 4.73 Å². The fourth-order valence-corrected chi connectivity index (χ4v) is 1.68. The molecule has 0 bridgehead atoms. The average Bonchev–Trinajstić information content (AvgIpc) is 2.54. The molecule has 0 N–H and O–H groups in total. The standard InChI is InChI=1S/C8H10BrN5O/c1-4-5(2)12-14-7(9)10-11-8(14)13(3)6(4)15/h4H,1-3H3. The number of halogens is 1. The quantitative estimate of drug-likeness (QED) is 0.704. The molecule has 15 heavy (non-hydrogen) atoms. The van der Waals surface area contributed by atoms with Gasteiger partial charge in [0.15, 0.2) is 0 Å². The summed E-state index contributed by atoms with van der Waals surface area (Å²) < 4.78 is 2.00. The number of anilines is 1. The van der Waals surface area contributed by atoms with Crippen molar-refractivity contribution < 1.29 is 4.79 Å². The molecule has 1 aliphatic heterocycles. The summed E-state index contributed by atoms with van der Waals surface area (Å²) in [7, 11) is 1.67. The Kier molecular flexibility index (Phi) is 2.34. The van der Waals surface area contributed by atoms with Crippen LogP contribution in [0, 0.1) is 5.92 Å². The molecule has 0 aromatic carbocycles. The van der Waals surface area contributed by atoms with Gasteiger partial charge in [-0.05, 0) is 29.8 Å². The van der Waals surface area contributed by atoms with Crippen molar-refractivity contribution in [3.8, 4) is 0 Å². The lowest BCUT2D eigenvalue weighted by atomic mass is 10.1. The Morgan fingerprint density at radius 1 is 1.40 bits per heavy atom. The predicted molar refractivity (Wildman–Crippen MR) is 58.8 cm³/mol. The van der Waals surface area contributed by atoms with E-state index in [1.165, 1.54) is 9.58 Å². The minimum atomic E-state index is -0.233. The summed E-state index contributed by atoms with van der Waals surface area (Å²) in [5.74, 6) is 0.161. The lowest BCUT2D eigenvalue weighted by Gasteiger charge is -2.15. The average molecular weight is 272 g/mol. The highest BCUT2D eigenvalue weighted by Gasteiger charge is 2.29. The highest BCUT2D eigenvalue weighted by Crippen LogP contribution is 2.22. The van der Waals surface area contributed by atoms with Gasteiger partial charge in [-0.15, -0.1) is 10.2 Å². The molecule has 1 unspecified atom stereocenters. The van der Waals surface area contributed by atoms with Crippen LogP contribution in [0.2, 0.25) is 0 Å². The number of rotatable bonds is 0. The molecule has 6 nitrogen and oxygen atoms in total. The molecule has 0 spiro atoms. The van der Waals surface area contributed by atoms with Crippen LogP contribution in [0.1, 0.15) is 13.8 Å². The Morgan fingerprint density at radius 2 is 2.07 bits per heavy atom. The van der Waals surface area contributed by atoms with E-state index in [-0.39, 0.29) is 11.8 Å². The van der Waals surface area contributed by atoms with Crippen LogP contribution in [0.4, 0.5) is 5.95 Å². The summed E-state index contributed by atoms with van der Waals surface area (Å²) in [6.45, 7) is 3.64. The summed E-state index contributed by atoms with van der Waals surface area (Å²) in [6.07, 6.45) is 0. The predicted octanol–water partition coefficient (Wildman–Crippen LogP) is 0.877. The van der Waals surface area contributed by atoms with Crippen molar-refractivity contribution in [1.29, 1.82) is 0 Å². The minimum absolute atomic E-state index is 0.0325. The monoisotopic (exact) mass is 271 g/mol. The molecule has 1 aromatic heterocycles. The van der Waals surface area contributed by atoms with Gasteiger partial charge in [0.1, 0.15) is 0 Å². The molecular weight excluding hydrogens is 262 g/mol. The molecule has 1 amide bonds. The van der Waals surface area contributed by atoms with Crippen molar-refractivity contribution in [2.75, 3.05) is 11.9 Å². The van der Waals surface area contributed by atoms with Gasteiger partial charge in [-0.1, -0.05) is 0 Å². The second-order valence-corrected chi connectivity index (χ2v) is 4.15. The van der Waals surface area contributed by atoms with Crippen molar-refractivity contribution in [1.82, 2.24) is 14.9 Å². The summed E-state index contributed by atoms with van der Waals surface area (Å²) in [5.41, 5.74) is 0.742. The van der Waals surface area contributed by atoms with Gasteiger partial charge in [0, 0.05) is 12.8 Å². The van der Waals surface area contributed by atoms with Crippen molar-refractivity contribution in [3.63, 3.8) is 0 Å². The number of carbonyl (C=O) groups is 1. The number of fused-ring (bicyclic) bond motifs is 1. The highest BCUT2D eigenvalue weighted by atomic mass is 79.9. The van der Waals surface area contributed by atoms with Gasteiger partial charge in [0.2, 0.25) is 10.6 Å². The number of carbonyl (C=O) groups excluding carboxylic acids is 1. The van der Waals surface area contributed by atoms with E-state index >= 15 is 0 Å². The largest absolute Gasteiger partial charge is 0.282 e. The third-order valence-corrected chi connectivity index (χ3v) is 2.97. The molecule has 1 aromatic rings. The molecule has 0 aliphatic carbocycles. The second-order valence-electron chi connectivity index (χ2n) is 3.44. The highest BCUT2D eigenvalue weighted by molar-refractivity contribution is 9.10. The van der Waals surface area contributed by atoms with E-state index in [1.54, 1.807) is 7.05 Å². The first-order chi connectivity index (χ1) is 7.02. The van der Waals surface area contributed by atoms with Crippen LogP contribution in [-0.4, -0.2) is 33.5 Å². The van der Waals surface area contributed by atoms with Gasteiger partial charge >= 0.3 is 0 Å². The Bertz CT molecular complexity index is 452. The van der Waals surface area contributed by atoms with Gasteiger partial charge in [-0.3, -0.25) is 9.69 Å². The zero-order valence-corrected chi connectivity index (χ0v) is 10.2. The molecular formula is C8H10BrN5O. The van der Waals surface area contributed by atoms with E-state index in [0.29, 0.717) is 10.7 Å². The number of hydrogen-bond acceptors (Lipinski definition) is 4. The SMILES string of the molecule is CC1=Nn2c(Br)nnc2N(C)C(=O)C1C. The zero-order valence-electron chi connectivity index (χ0n) is 8.60. The normalized spacial score (nSPS) is 21.1. The van der Waals surface area contributed by atoms with Crippen LogP contribution in [0.15, 0.2) is 9.84 Å². The first-order valence-corrected chi connectivity index (χ1v) is 5.25. The van der Waals surface area contributed by atoms with E-state index in [1.807, 2.05) is 13.8 Å². The smallest absolute Gasteiger partial charge is 0.255 e. The molecule has 80 valence electrons. The number of nitrogens with zero attached hydrogens (tertiary/aromatic N) is 5. The third kappa shape index (κ3) is 1.46. The Morgan fingerprint density at radius 3 is 2.73 bits per heavy atom. The van der Waals surface area contributed by atoms with E-state index in [0.717, 1.165) is 5.71 Å². The molecule has 2 heterocycles. The molecule has 0 radical (unpaired) electrons. The van der Waals surface area contributed by atoms with Gasteiger partial charge in [-0.2, -0.15) is 9.78 Å². The maximum absolute atomic E-state index is 11.9. The topological polar surface area (TPSA) is 63.4 Å². The van der Waals surface area contributed by atoms with E-state index < -0.39 is 0 Å². The zero-order chi connectivity index (χ0) is 11.2. The fourth-order valence-electron chi connectivity index (χ4n) is 1.36. The van der Waals surface area contributed by atoms with Crippen LogP contribution in [-0.2, 0) is 4.79 Å². The van der Waals surface area contributed by atoms with Crippen LogP contribution in [0.3, 0.4) is 0 Å². The van der Waals surface area contributed by atoms with Crippen LogP contribution >= 0.6 is 15.9 Å². The maximum atomic E-state index is 11.9. The Balaban J connectivity index is 2.63. The Hall–Kier alpha value is -1.24. The molecule has 1 aliphatic rings.